The van der Waals surface area contributed by atoms with Crippen LogP contribution in [-0.2, 0) is 4.79 Å². The first-order chi connectivity index (χ1) is 27.1. The van der Waals surface area contributed by atoms with Gasteiger partial charge in [-0.1, -0.05) is 49.6 Å². The molecule has 2 aromatic heterocycles. The van der Waals surface area contributed by atoms with Crippen molar-refractivity contribution in [3.63, 3.8) is 0 Å². The number of aromatic hydroxyl groups is 1. The zero-order chi connectivity index (χ0) is 39.3. The van der Waals surface area contributed by atoms with Crippen molar-refractivity contribution >= 4 is 39.1 Å². The van der Waals surface area contributed by atoms with Crippen LogP contribution >= 0.6 is 0 Å². The van der Waals surface area contributed by atoms with Gasteiger partial charge in [-0.25, -0.2) is 8.78 Å². The van der Waals surface area contributed by atoms with Crippen LogP contribution in [0.2, 0.25) is 0 Å². The number of benzene rings is 3. The summed E-state index contributed by atoms with van der Waals surface area (Å²) in [5.74, 6) is 0.930. The zero-order valence-corrected chi connectivity index (χ0v) is 31.9. The van der Waals surface area contributed by atoms with E-state index in [-0.39, 0.29) is 68.7 Å². The molecule has 3 aromatic carbocycles. The number of piperazine rings is 1. The van der Waals surface area contributed by atoms with E-state index in [0.717, 1.165) is 57.2 Å². The van der Waals surface area contributed by atoms with Gasteiger partial charge in [0.15, 0.2) is 5.82 Å². The van der Waals surface area contributed by atoms with E-state index in [1.54, 1.807) is 6.07 Å². The van der Waals surface area contributed by atoms with Crippen LogP contribution < -0.4 is 9.64 Å². The molecular formula is C44H45F2N7O3. The number of carbonyl (C=O) groups excluding carboxylic acids is 1. The Kier molecular flexibility index (Phi) is 9.83. The quantitative estimate of drug-likeness (QED) is 0.130. The molecule has 0 radical (unpaired) electrons. The maximum Gasteiger partial charge on any atom is 0.319 e. The van der Waals surface area contributed by atoms with Crippen molar-refractivity contribution in [2.24, 2.45) is 0 Å². The van der Waals surface area contributed by atoms with Crippen molar-refractivity contribution in [3.8, 4) is 35.4 Å². The molecule has 0 spiro atoms. The van der Waals surface area contributed by atoms with Crippen molar-refractivity contribution < 1.29 is 23.4 Å². The molecule has 6 heterocycles. The van der Waals surface area contributed by atoms with E-state index in [0.29, 0.717) is 41.9 Å². The van der Waals surface area contributed by atoms with Crippen molar-refractivity contribution in [2.45, 2.75) is 76.9 Å². The highest BCUT2D eigenvalue weighted by molar-refractivity contribution is 6.44. The van der Waals surface area contributed by atoms with Crippen LogP contribution in [0.5, 0.6) is 11.8 Å². The summed E-state index contributed by atoms with van der Waals surface area (Å²) in [6, 6.07) is 12.6. The summed E-state index contributed by atoms with van der Waals surface area (Å²) < 4.78 is 38.5. The lowest BCUT2D eigenvalue weighted by Gasteiger charge is -2.42. The summed E-state index contributed by atoms with van der Waals surface area (Å²) in [6.45, 7) is 9.17. The van der Waals surface area contributed by atoms with Crippen molar-refractivity contribution in [2.75, 3.05) is 37.7 Å². The van der Waals surface area contributed by atoms with Gasteiger partial charge in [0.05, 0.1) is 28.6 Å². The van der Waals surface area contributed by atoms with Crippen LogP contribution in [0.25, 0.3) is 32.9 Å². The second-order valence-electron chi connectivity index (χ2n) is 15.1. The van der Waals surface area contributed by atoms with Gasteiger partial charge < -0.3 is 19.6 Å². The maximum atomic E-state index is 17.1. The number of phenolic OH excluding ortho intramolecular Hbond substituents is 1. The molecule has 4 saturated heterocycles. The normalized spacial score (nSPS) is 19.8. The lowest BCUT2D eigenvalue weighted by Crippen LogP contribution is -2.57. The molecule has 4 aliphatic rings. The SMILES string of the molecule is C#Cc1c(F)ccc2cc(O)cc(-c3ncc4c(N5CC6CCC(C5)N6C(=O)C(=N)c5cccc(C)c5)nc(OCC56CCCN5CCC6)nc4c3F)c12.CC. The van der Waals surface area contributed by atoms with Crippen LogP contribution in [0.4, 0.5) is 14.6 Å². The Morgan fingerprint density at radius 3 is 2.48 bits per heavy atom. The number of ether oxygens (including phenoxy) is 1. The first kappa shape index (κ1) is 37.3. The average molecular weight is 758 g/mol. The molecule has 9 rings (SSSR count). The number of anilines is 1. The number of hydrogen-bond acceptors (Lipinski definition) is 9. The molecule has 4 fully saturated rings. The minimum Gasteiger partial charge on any atom is -0.508 e. The molecule has 12 heteroatoms. The van der Waals surface area contributed by atoms with E-state index < -0.39 is 11.6 Å². The van der Waals surface area contributed by atoms with Crippen molar-refractivity contribution in [1.82, 2.24) is 24.8 Å². The number of rotatable bonds is 7. The summed E-state index contributed by atoms with van der Waals surface area (Å²) in [5.41, 5.74) is 1.30. The van der Waals surface area contributed by atoms with E-state index >= 15 is 4.39 Å². The number of carbonyl (C=O) groups is 1. The highest BCUT2D eigenvalue weighted by Gasteiger charge is 2.46. The van der Waals surface area contributed by atoms with Gasteiger partial charge in [0.25, 0.3) is 5.91 Å². The molecule has 0 aliphatic carbocycles. The van der Waals surface area contributed by atoms with E-state index in [1.807, 2.05) is 48.8 Å². The lowest BCUT2D eigenvalue weighted by molar-refractivity contribution is -0.127. The van der Waals surface area contributed by atoms with Crippen molar-refractivity contribution in [3.05, 3.63) is 83.1 Å². The fourth-order valence-electron chi connectivity index (χ4n) is 9.39. The standard InChI is InChI=1S/C42H39F2N7O3.C2H6/c1-3-30-33(43)12-9-25-18-29(52)19-31(34(25)30)37-35(44)38-32(20-46-37)39(48-41(47-38)54-23-42-13-5-15-50(42)16-6-14-42)49-21-27-10-11-28(22-49)51(27)40(53)36(45)26-8-4-7-24(2)17-26;1-2/h1,4,7-9,12,17-20,27-28,45,52H,5-6,10-11,13-16,21-23H2,2H3;1-2H3. The van der Waals surface area contributed by atoms with Crippen LogP contribution in [0.3, 0.4) is 0 Å². The molecule has 2 bridgehead atoms. The molecule has 2 unspecified atom stereocenters. The first-order valence-corrected chi connectivity index (χ1v) is 19.5. The van der Waals surface area contributed by atoms with E-state index in [2.05, 4.69) is 20.8 Å². The molecule has 2 N–H and O–H groups in total. The van der Waals surface area contributed by atoms with E-state index in [4.69, 9.17) is 21.6 Å². The summed E-state index contributed by atoms with van der Waals surface area (Å²) in [5, 5.41) is 20.5. The Hall–Kier alpha value is -5.67. The fourth-order valence-corrected chi connectivity index (χ4v) is 9.39. The van der Waals surface area contributed by atoms with Gasteiger partial charge in [-0.3, -0.25) is 20.1 Å². The smallest absolute Gasteiger partial charge is 0.319 e. The predicted octanol–water partition coefficient (Wildman–Crippen LogP) is 7.40. The fraction of sp³-hybridized carbons (Fsp3) is 0.386. The van der Waals surface area contributed by atoms with Crippen LogP contribution in [0.15, 0.2) is 54.7 Å². The number of aryl methyl sites for hydroxylation is 1. The largest absolute Gasteiger partial charge is 0.508 e. The summed E-state index contributed by atoms with van der Waals surface area (Å²) >= 11 is 0. The summed E-state index contributed by atoms with van der Waals surface area (Å²) in [7, 11) is 0. The second kappa shape index (κ2) is 14.8. The highest BCUT2D eigenvalue weighted by atomic mass is 19.1. The Labute approximate surface area is 325 Å². The van der Waals surface area contributed by atoms with Crippen LogP contribution in [-0.4, -0.2) is 91.9 Å². The third-order valence-electron chi connectivity index (χ3n) is 11.9. The minimum absolute atomic E-state index is 0.0323. The van der Waals surface area contributed by atoms with Gasteiger partial charge in [0, 0.05) is 35.8 Å². The van der Waals surface area contributed by atoms with E-state index in [1.165, 1.54) is 30.5 Å². The van der Waals surface area contributed by atoms with Crippen molar-refractivity contribution in [1.29, 1.82) is 5.41 Å². The zero-order valence-electron chi connectivity index (χ0n) is 31.9. The number of nitrogens with one attached hydrogen (secondary N) is 1. The molecule has 288 valence electrons. The Balaban J connectivity index is 0.00000217. The maximum absolute atomic E-state index is 17.1. The topological polar surface area (TPSA) is 119 Å². The Bertz CT molecular complexity index is 2410. The van der Waals surface area contributed by atoms with Gasteiger partial charge >= 0.3 is 6.01 Å². The van der Waals surface area contributed by atoms with Crippen LogP contribution in [0.1, 0.15) is 69.1 Å². The molecule has 0 saturated carbocycles. The molecule has 2 atom stereocenters. The number of terminal acetylenes is 1. The number of hydrogen-bond donors (Lipinski definition) is 2. The number of halogens is 2. The van der Waals surface area contributed by atoms with Gasteiger partial charge in [0.2, 0.25) is 0 Å². The highest BCUT2D eigenvalue weighted by Crippen LogP contribution is 2.42. The number of nitrogens with zero attached hydrogens (tertiary/aromatic N) is 6. The summed E-state index contributed by atoms with van der Waals surface area (Å²) in [4.78, 5) is 34.3. The molecule has 10 nitrogen and oxygen atoms in total. The molecular weight excluding hydrogens is 713 g/mol. The lowest BCUT2D eigenvalue weighted by atomic mass is 9.95. The van der Waals surface area contributed by atoms with Gasteiger partial charge in [-0.2, -0.15) is 9.97 Å². The third-order valence-corrected chi connectivity index (χ3v) is 11.9. The average Bonchev–Trinajstić information content (AvgIpc) is 3.87. The number of fused-ring (bicyclic) bond motifs is 5. The predicted molar refractivity (Wildman–Crippen MR) is 213 cm³/mol. The van der Waals surface area contributed by atoms with Gasteiger partial charge in [-0.15, -0.1) is 6.42 Å². The first-order valence-electron chi connectivity index (χ1n) is 19.5. The van der Waals surface area contributed by atoms with E-state index in [9.17, 15) is 14.3 Å². The molecule has 1 amide bonds. The summed E-state index contributed by atoms with van der Waals surface area (Å²) in [6.07, 6.45) is 12.9. The molecule has 56 heavy (non-hydrogen) atoms. The monoisotopic (exact) mass is 757 g/mol. The minimum atomic E-state index is -0.787. The Morgan fingerprint density at radius 1 is 1.05 bits per heavy atom. The number of amides is 1. The van der Waals surface area contributed by atoms with Crippen LogP contribution in [0, 0.1) is 36.3 Å². The van der Waals surface area contributed by atoms with Gasteiger partial charge in [0.1, 0.15) is 40.9 Å². The third kappa shape index (κ3) is 6.28. The number of phenols is 1. The molecule has 5 aromatic rings. The number of aromatic nitrogens is 3. The number of pyridine rings is 1. The Morgan fingerprint density at radius 2 is 1.79 bits per heavy atom. The van der Waals surface area contributed by atoms with Gasteiger partial charge in [-0.05, 0) is 88.2 Å². The second-order valence-corrected chi connectivity index (χ2v) is 15.1. The molecule has 4 aliphatic heterocycles.